The van der Waals surface area contributed by atoms with Gasteiger partial charge in [0.25, 0.3) is 17.7 Å². The fourth-order valence-corrected chi connectivity index (χ4v) is 5.02. The van der Waals surface area contributed by atoms with E-state index < -0.39 is 52.7 Å². The van der Waals surface area contributed by atoms with Crippen LogP contribution in [0, 0.1) is 11.6 Å². The molecule has 2 heterocycles. The topological polar surface area (TPSA) is 87.7 Å². The minimum absolute atomic E-state index is 0.0674. The Hall–Kier alpha value is -4.19. The van der Waals surface area contributed by atoms with E-state index in [0.29, 0.717) is 18.6 Å². The molecule has 0 aromatic heterocycles. The van der Waals surface area contributed by atoms with Crippen molar-refractivity contribution in [1.82, 2.24) is 10.2 Å². The molecule has 40 heavy (non-hydrogen) atoms. The molecule has 5 rings (SSSR count). The van der Waals surface area contributed by atoms with Gasteiger partial charge in [0.1, 0.15) is 17.4 Å². The molecule has 0 bridgehead atoms. The standard InChI is InChI=1S/C27H19ClF5N3O4/c1-36-22(16-10-14(29)3-4-18(16)28)20-19(35-24(37)12-7-13(27(31,32)33)9-15(30)8-12)11-17-23(21(20)26(36)39)40-6-2-5-34-25(17)38/h3-4,7-11,22H,2,5-6H2,1H3,(H,34,38)(H,35,37). The average molecular weight is 580 g/mol. The van der Waals surface area contributed by atoms with E-state index >= 15 is 0 Å². The van der Waals surface area contributed by atoms with E-state index in [1.165, 1.54) is 24.1 Å². The highest BCUT2D eigenvalue weighted by molar-refractivity contribution is 6.31. The number of benzene rings is 3. The van der Waals surface area contributed by atoms with E-state index in [0.717, 1.165) is 12.1 Å². The van der Waals surface area contributed by atoms with Crippen molar-refractivity contribution < 1.29 is 41.1 Å². The monoisotopic (exact) mass is 579 g/mol. The number of amides is 3. The Morgan fingerprint density at radius 2 is 1.85 bits per heavy atom. The maximum Gasteiger partial charge on any atom is 0.416 e. The van der Waals surface area contributed by atoms with Gasteiger partial charge in [-0.2, -0.15) is 13.2 Å². The summed E-state index contributed by atoms with van der Waals surface area (Å²) in [6.07, 6.45) is -4.49. The van der Waals surface area contributed by atoms with Gasteiger partial charge in [-0.1, -0.05) is 11.6 Å². The summed E-state index contributed by atoms with van der Waals surface area (Å²) in [5.41, 5.74) is -2.19. The smallest absolute Gasteiger partial charge is 0.416 e. The molecule has 0 spiro atoms. The van der Waals surface area contributed by atoms with Crippen molar-refractivity contribution in [2.45, 2.75) is 18.6 Å². The van der Waals surface area contributed by atoms with Crippen LogP contribution < -0.4 is 15.4 Å². The van der Waals surface area contributed by atoms with Crippen LogP contribution in [-0.2, 0) is 6.18 Å². The van der Waals surface area contributed by atoms with Gasteiger partial charge in [-0.15, -0.1) is 0 Å². The third-order valence-corrected chi connectivity index (χ3v) is 6.94. The highest BCUT2D eigenvalue weighted by Crippen LogP contribution is 2.49. The molecule has 208 valence electrons. The molecule has 0 saturated heterocycles. The Morgan fingerprint density at radius 1 is 1.10 bits per heavy atom. The molecule has 7 nitrogen and oxygen atoms in total. The summed E-state index contributed by atoms with van der Waals surface area (Å²) in [6, 6.07) is 4.96. The maximum absolute atomic E-state index is 14.3. The fourth-order valence-electron chi connectivity index (χ4n) is 4.80. The summed E-state index contributed by atoms with van der Waals surface area (Å²) in [7, 11) is 1.40. The van der Waals surface area contributed by atoms with Crippen LogP contribution in [-0.4, -0.2) is 42.8 Å². The maximum atomic E-state index is 14.3. The molecule has 3 amide bonds. The number of halogens is 6. The first-order chi connectivity index (χ1) is 18.9. The summed E-state index contributed by atoms with van der Waals surface area (Å²) in [5.74, 6) is -4.43. The molecular formula is C27H19ClF5N3O4. The van der Waals surface area contributed by atoms with Gasteiger partial charge in [-0.25, -0.2) is 8.78 Å². The van der Waals surface area contributed by atoms with Crippen molar-refractivity contribution in [3.8, 4) is 5.75 Å². The third kappa shape index (κ3) is 4.83. The number of hydrogen-bond donors (Lipinski definition) is 2. The van der Waals surface area contributed by atoms with Gasteiger partial charge in [0.05, 0.1) is 29.3 Å². The SMILES string of the molecule is CN1C(=O)c2c3c(cc(NC(=O)c4cc(F)cc(C(F)(F)F)c4)c2C1c1cc(F)ccc1Cl)C(=O)NCCCO3. The zero-order chi connectivity index (χ0) is 28.9. The molecule has 2 N–H and O–H groups in total. The number of ether oxygens (including phenoxy) is 1. The van der Waals surface area contributed by atoms with Crippen LogP contribution in [0.2, 0.25) is 5.02 Å². The second-order valence-corrected chi connectivity index (χ2v) is 9.62. The van der Waals surface area contributed by atoms with Gasteiger partial charge in [0.15, 0.2) is 0 Å². The number of rotatable bonds is 3. The second kappa shape index (κ2) is 10.1. The molecular weight excluding hydrogens is 561 g/mol. The molecule has 2 aliphatic heterocycles. The van der Waals surface area contributed by atoms with Crippen molar-refractivity contribution >= 4 is 35.0 Å². The van der Waals surface area contributed by atoms with Crippen LogP contribution in [0.5, 0.6) is 5.75 Å². The molecule has 13 heteroatoms. The lowest BCUT2D eigenvalue weighted by atomic mass is 9.92. The number of carbonyl (C=O) groups is 3. The Balaban J connectivity index is 1.72. The first-order valence-electron chi connectivity index (χ1n) is 11.9. The zero-order valence-electron chi connectivity index (χ0n) is 20.6. The highest BCUT2D eigenvalue weighted by atomic mass is 35.5. The number of nitrogens with one attached hydrogen (secondary N) is 2. The highest BCUT2D eigenvalue weighted by Gasteiger charge is 2.43. The first-order valence-corrected chi connectivity index (χ1v) is 12.3. The van der Waals surface area contributed by atoms with Crippen LogP contribution in [0.15, 0.2) is 42.5 Å². The number of hydrogen-bond acceptors (Lipinski definition) is 4. The minimum Gasteiger partial charge on any atom is -0.492 e. The van der Waals surface area contributed by atoms with E-state index in [-0.39, 0.29) is 57.9 Å². The molecule has 0 fully saturated rings. The third-order valence-electron chi connectivity index (χ3n) is 6.60. The van der Waals surface area contributed by atoms with Crippen LogP contribution in [0.25, 0.3) is 0 Å². The van der Waals surface area contributed by atoms with Crippen molar-refractivity contribution in [2.75, 3.05) is 25.5 Å². The van der Waals surface area contributed by atoms with Gasteiger partial charge in [0, 0.05) is 41.0 Å². The van der Waals surface area contributed by atoms with Gasteiger partial charge >= 0.3 is 6.18 Å². The lowest BCUT2D eigenvalue weighted by Gasteiger charge is -2.24. The molecule has 2 aliphatic rings. The molecule has 0 saturated carbocycles. The summed E-state index contributed by atoms with van der Waals surface area (Å²) in [4.78, 5) is 40.9. The van der Waals surface area contributed by atoms with Crippen molar-refractivity contribution in [2.24, 2.45) is 0 Å². The lowest BCUT2D eigenvalue weighted by molar-refractivity contribution is -0.137. The summed E-state index contributed by atoms with van der Waals surface area (Å²) in [6.45, 7) is 0.396. The molecule has 1 atom stereocenters. The summed E-state index contributed by atoms with van der Waals surface area (Å²) in [5, 5.41) is 5.17. The van der Waals surface area contributed by atoms with E-state index in [2.05, 4.69) is 10.6 Å². The van der Waals surface area contributed by atoms with Gasteiger partial charge in [0.2, 0.25) is 0 Å². The predicted octanol–water partition coefficient (Wildman–Crippen LogP) is 5.58. The normalized spacial score (nSPS) is 16.9. The van der Waals surface area contributed by atoms with Crippen LogP contribution >= 0.6 is 11.6 Å². The Bertz CT molecular complexity index is 1580. The minimum atomic E-state index is -4.93. The van der Waals surface area contributed by atoms with E-state index in [4.69, 9.17) is 16.3 Å². The number of alkyl halides is 3. The van der Waals surface area contributed by atoms with Crippen molar-refractivity contribution in [1.29, 1.82) is 0 Å². The fraction of sp³-hybridized carbons (Fsp3) is 0.222. The Labute approximate surface area is 228 Å². The average Bonchev–Trinajstić information content (AvgIpc) is 3.14. The van der Waals surface area contributed by atoms with Crippen molar-refractivity contribution in [3.63, 3.8) is 0 Å². The number of anilines is 1. The Morgan fingerprint density at radius 3 is 2.58 bits per heavy atom. The number of nitrogens with zero attached hydrogens (tertiary/aromatic N) is 1. The van der Waals surface area contributed by atoms with E-state index in [1.54, 1.807) is 0 Å². The predicted molar refractivity (Wildman–Crippen MR) is 134 cm³/mol. The molecule has 1 unspecified atom stereocenters. The lowest BCUT2D eigenvalue weighted by Crippen LogP contribution is -2.29. The zero-order valence-corrected chi connectivity index (χ0v) is 21.3. The molecule has 3 aromatic carbocycles. The largest absolute Gasteiger partial charge is 0.492 e. The first kappa shape index (κ1) is 27.4. The van der Waals surface area contributed by atoms with E-state index in [1.807, 2.05) is 0 Å². The molecule has 3 aromatic rings. The Kier molecular flexibility index (Phi) is 6.90. The van der Waals surface area contributed by atoms with Gasteiger partial charge < -0.3 is 20.3 Å². The van der Waals surface area contributed by atoms with E-state index in [9.17, 15) is 36.3 Å². The van der Waals surface area contributed by atoms with Crippen molar-refractivity contribution in [3.05, 3.63) is 92.5 Å². The summed E-state index contributed by atoms with van der Waals surface area (Å²) < 4.78 is 74.0. The number of carbonyl (C=O) groups excluding carboxylic acids is 3. The van der Waals surface area contributed by atoms with Crippen LogP contribution in [0.3, 0.4) is 0 Å². The second-order valence-electron chi connectivity index (χ2n) is 9.21. The summed E-state index contributed by atoms with van der Waals surface area (Å²) >= 11 is 6.37. The molecule has 0 aliphatic carbocycles. The van der Waals surface area contributed by atoms with Crippen LogP contribution in [0.1, 0.15) is 60.2 Å². The van der Waals surface area contributed by atoms with Gasteiger partial charge in [-0.3, -0.25) is 14.4 Å². The quantitative estimate of drug-likeness (QED) is 0.397. The molecule has 0 radical (unpaired) electrons. The van der Waals surface area contributed by atoms with Crippen LogP contribution in [0.4, 0.5) is 27.6 Å². The van der Waals surface area contributed by atoms with Gasteiger partial charge in [-0.05, 0) is 48.9 Å². The number of fused-ring (bicyclic) bond motifs is 3.